The molecule has 1 aliphatic rings. The summed E-state index contributed by atoms with van der Waals surface area (Å²) in [5.74, 6) is 0.913. The van der Waals surface area contributed by atoms with Crippen LogP contribution >= 0.6 is 0 Å². The Hall–Kier alpha value is -1.41. The van der Waals surface area contributed by atoms with Crippen molar-refractivity contribution in [2.24, 2.45) is 5.92 Å². The van der Waals surface area contributed by atoms with Crippen molar-refractivity contribution in [2.45, 2.75) is 38.6 Å². The average Bonchev–Trinajstić information content (AvgIpc) is 2.41. The van der Waals surface area contributed by atoms with Crippen LogP contribution in [0.15, 0.2) is 36.7 Å². The highest BCUT2D eigenvalue weighted by molar-refractivity contribution is 5.85. The smallest absolute Gasteiger partial charge is 0.0349 e. The largest absolute Gasteiger partial charge is 0.310 e. The van der Waals surface area contributed by atoms with Crippen LogP contribution in [-0.2, 0) is 0 Å². The predicted molar refractivity (Wildman–Crippen MR) is 80.1 cm³/mol. The molecule has 1 aromatic heterocycles. The third-order valence-electron chi connectivity index (χ3n) is 4.34. The van der Waals surface area contributed by atoms with Gasteiger partial charge in [-0.2, -0.15) is 0 Å². The highest BCUT2D eigenvalue weighted by Gasteiger charge is 2.23. The SMILES string of the molecule is CCNC(CC1CCC1)c1cccc2ccncc12. The minimum Gasteiger partial charge on any atom is -0.310 e. The molecule has 19 heavy (non-hydrogen) atoms. The van der Waals surface area contributed by atoms with Gasteiger partial charge < -0.3 is 5.32 Å². The lowest BCUT2D eigenvalue weighted by Crippen LogP contribution is -2.26. The molecule has 1 unspecified atom stereocenters. The first-order valence-corrected chi connectivity index (χ1v) is 7.44. The molecule has 2 nitrogen and oxygen atoms in total. The van der Waals surface area contributed by atoms with Crippen molar-refractivity contribution in [3.8, 4) is 0 Å². The lowest BCUT2D eigenvalue weighted by molar-refractivity contribution is 0.263. The van der Waals surface area contributed by atoms with Crippen LogP contribution in [0.4, 0.5) is 0 Å². The van der Waals surface area contributed by atoms with E-state index in [0.29, 0.717) is 6.04 Å². The topological polar surface area (TPSA) is 24.9 Å². The number of rotatable bonds is 5. The molecule has 0 aliphatic heterocycles. The molecule has 1 aromatic carbocycles. The van der Waals surface area contributed by atoms with E-state index in [2.05, 4.69) is 41.5 Å². The van der Waals surface area contributed by atoms with Gasteiger partial charge in [-0.3, -0.25) is 4.98 Å². The molecule has 2 aromatic rings. The summed E-state index contributed by atoms with van der Waals surface area (Å²) in [5, 5.41) is 6.26. The number of hydrogen-bond donors (Lipinski definition) is 1. The molecule has 1 N–H and O–H groups in total. The summed E-state index contributed by atoms with van der Waals surface area (Å²) in [4.78, 5) is 4.30. The molecule has 1 aliphatic carbocycles. The molecule has 100 valence electrons. The maximum atomic E-state index is 4.30. The zero-order valence-electron chi connectivity index (χ0n) is 11.6. The van der Waals surface area contributed by atoms with Crippen molar-refractivity contribution in [2.75, 3.05) is 6.54 Å². The van der Waals surface area contributed by atoms with E-state index in [9.17, 15) is 0 Å². The zero-order valence-corrected chi connectivity index (χ0v) is 11.6. The predicted octanol–water partition coefficient (Wildman–Crippen LogP) is 4.08. The molecule has 1 atom stereocenters. The Balaban J connectivity index is 1.93. The summed E-state index contributed by atoms with van der Waals surface area (Å²) in [6.07, 6.45) is 9.38. The van der Waals surface area contributed by atoms with Gasteiger partial charge in [0.25, 0.3) is 0 Å². The second-order valence-electron chi connectivity index (χ2n) is 5.59. The Morgan fingerprint density at radius 2 is 2.21 bits per heavy atom. The molecule has 0 spiro atoms. The maximum Gasteiger partial charge on any atom is 0.0349 e. The first kappa shape index (κ1) is 12.6. The van der Waals surface area contributed by atoms with Crippen molar-refractivity contribution in [3.05, 3.63) is 42.2 Å². The van der Waals surface area contributed by atoms with Gasteiger partial charge in [-0.05, 0) is 35.9 Å². The van der Waals surface area contributed by atoms with Crippen molar-refractivity contribution < 1.29 is 0 Å². The van der Waals surface area contributed by atoms with Gasteiger partial charge in [-0.15, -0.1) is 0 Å². The van der Waals surface area contributed by atoms with Gasteiger partial charge in [-0.25, -0.2) is 0 Å². The van der Waals surface area contributed by atoms with E-state index in [1.165, 1.54) is 42.0 Å². The van der Waals surface area contributed by atoms with Gasteiger partial charge in [0.05, 0.1) is 0 Å². The van der Waals surface area contributed by atoms with Crippen molar-refractivity contribution in [1.29, 1.82) is 0 Å². The second kappa shape index (κ2) is 5.70. The van der Waals surface area contributed by atoms with Crippen LogP contribution in [0.5, 0.6) is 0 Å². The summed E-state index contributed by atoms with van der Waals surface area (Å²) in [7, 11) is 0. The first-order chi connectivity index (χ1) is 9.38. The lowest BCUT2D eigenvalue weighted by atomic mass is 9.79. The van der Waals surface area contributed by atoms with Crippen molar-refractivity contribution in [1.82, 2.24) is 10.3 Å². The second-order valence-corrected chi connectivity index (χ2v) is 5.59. The van der Waals surface area contributed by atoms with Gasteiger partial charge in [0.15, 0.2) is 0 Å². The van der Waals surface area contributed by atoms with Crippen LogP contribution in [0.3, 0.4) is 0 Å². The van der Waals surface area contributed by atoms with Gasteiger partial charge in [0.1, 0.15) is 0 Å². The van der Waals surface area contributed by atoms with Crippen LogP contribution in [0, 0.1) is 5.92 Å². The summed E-state index contributed by atoms with van der Waals surface area (Å²) in [5.41, 5.74) is 1.42. The summed E-state index contributed by atoms with van der Waals surface area (Å²) < 4.78 is 0. The quantitative estimate of drug-likeness (QED) is 0.869. The minimum absolute atomic E-state index is 0.475. The van der Waals surface area contributed by atoms with Gasteiger partial charge in [-0.1, -0.05) is 44.4 Å². The number of hydrogen-bond acceptors (Lipinski definition) is 2. The molecule has 2 heteroatoms. The highest BCUT2D eigenvalue weighted by Crippen LogP contribution is 2.36. The summed E-state index contributed by atoms with van der Waals surface area (Å²) >= 11 is 0. The average molecular weight is 254 g/mol. The zero-order chi connectivity index (χ0) is 13.1. The Morgan fingerprint density at radius 3 is 2.95 bits per heavy atom. The molecule has 1 fully saturated rings. The molecule has 0 saturated heterocycles. The van der Waals surface area contributed by atoms with E-state index in [-0.39, 0.29) is 0 Å². The van der Waals surface area contributed by atoms with Gasteiger partial charge >= 0.3 is 0 Å². The highest BCUT2D eigenvalue weighted by atomic mass is 14.9. The third-order valence-corrected chi connectivity index (χ3v) is 4.34. The Kier molecular flexibility index (Phi) is 3.79. The van der Waals surface area contributed by atoms with E-state index in [0.717, 1.165) is 12.5 Å². The van der Waals surface area contributed by atoms with Crippen LogP contribution in [-0.4, -0.2) is 11.5 Å². The number of pyridine rings is 1. The van der Waals surface area contributed by atoms with E-state index >= 15 is 0 Å². The Morgan fingerprint density at radius 1 is 1.32 bits per heavy atom. The number of benzene rings is 1. The number of nitrogens with zero attached hydrogens (tertiary/aromatic N) is 1. The number of fused-ring (bicyclic) bond motifs is 1. The molecule has 1 saturated carbocycles. The number of nitrogens with one attached hydrogen (secondary N) is 1. The monoisotopic (exact) mass is 254 g/mol. The molecule has 0 bridgehead atoms. The van der Waals surface area contributed by atoms with E-state index in [4.69, 9.17) is 0 Å². The van der Waals surface area contributed by atoms with Crippen molar-refractivity contribution in [3.63, 3.8) is 0 Å². The van der Waals surface area contributed by atoms with E-state index in [1.54, 1.807) is 0 Å². The molecule has 3 rings (SSSR count). The third kappa shape index (κ3) is 2.64. The molecular formula is C17H22N2. The number of aromatic nitrogens is 1. The van der Waals surface area contributed by atoms with Gasteiger partial charge in [0, 0.05) is 23.8 Å². The Bertz CT molecular complexity index is 540. The van der Waals surface area contributed by atoms with Gasteiger partial charge in [0.2, 0.25) is 0 Å². The fourth-order valence-corrected chi connectivity index (χ4v) is 3.07. The lowest BCUT2D eigenvalue weighted by Gasteiger charge is -2.30. The van der Waals surface area contributed by atoms with Crippen molar-refractivity contribution >= 4 is 10.8 Å². The Labute approximate surface area is 115 Å². The first-order valence-electron chi connectivity index (χ1n) is 7.44. The van der Waals surface area contributed by atoms with E-state index < -0.39 is 0 Å². The molecule has 0 amide bonds. The van der Waals surface area contributed by atoms with Crippen LogP contribution in [0.1, 0.15) is 44.2 Å². The standard InChI is InChI=1S/C17H22N2/c1-2-19-17(11-13-5-3-6-13)15-8-4-7-14-9-10-18-12-16(14)15/h4,7-10,12-13,17,19H,2-3,5-6,11H2,1H3. The molecule has 1 heterocycles. The normalized spacial score (nSPS) is 17.3. The van der Waals surface area contributed by atoms with E-state index in [1.807, 2.05) is 12.4 Å². The van der Waals surface area contributed by atoms with Crippen LogP contribution < -0.4 is 5.32 Å². The van der Waals surface area contributed by atoms with Crippen LogP contribution in [0.2, 0.25) is 0 Å². The summed E-state index contributed by atoms with van der Waals surface area (Å²) in [6.45, 7) is 3.21. The minimum atomic E-state index is 0.475. The fraction of sp³-hybridized carbons (Fsp3) is 0.471. The summed E-state index contributed by atoms with van der Waals surface area (Å²) in [6, 6.07) is 9.18. The molecule has 0 radical (unpaired) electrons. The van der Waals surface area contributed by atoms with Crippen LogP contribution in [0.25, 0.3) is 10.8 Å². The maximum absolute atomic E-state index is 4.30. The molecular weight excluding hydrogens is 232 g/mol. The fourth-order valence-electron chi connectivity index (χ4n) is 3.07.